The van der Waals surface area contributed by atoms with Crippen LogP contribution in [-0.4, -0.2) is 68.4 Å². The minimum atomic E-state index is -0.457. The van der Waals surface area contributed by atoms with Crippen LogP contribution in [0.25, 0.3) is 0 Å². The average Bonchev–Trinajstić information content (AvgIpc) is 3.45. The molecule has 0 unspecified atom stereocenters. The zero-order valence-electron chi connectivity index (χ0n) is 34.0. The fraction of sp³-hybridized carbons (Fsp3) is 0.905. The van der Waals surface area contributed by atoms with Gasteiger partial charge in [-0.05, 0) is 93.3 Å². The zero-order chi connectivity index (χ0) is 39.2. The van der Waals surface area contributed by atoms with E-state index < -0.39 is 11.5 Å². The number of ether oxygens (including phenoxy) is 4. The Kier molecular flexibility index (Phi) is 18.5. The maximum Gasteiger partial charge on any atom is 0.307 e. The van der Waals surface area contributed by atoms with Crippen molar-refractivity contribution in [2.75, 3.05) is 26.2 Å². The first-order chi connectivity index (χ1) is 25.3. The summed E-state index contributed by atoms with van der Waals surface area (Å²) in [6, 6.07) is 0. The highest BCUT2D eigenvalue weighted by molar-refractivity contribution is 5.71. The van der Waals surface area contributed by atoms with E-state index in [4.69, 9.17) is 36.1 Å². The second kappa shape index (κ2) is 21.7. The van der Waals surface area contributed by atoms with Crippen LogP contribution in [-0.2, 0) is 38.1 Å². The maximum atomic E-state index is 13.2. The molecule has 0 radical (unpaired) electrons. The van der Waals surface area contributed by atoms with Gasteiger partial charge in [0.2, 0.25) is 0 Å². The number of esters is 4. The van der Waals surface area contributed by atoms with Gasteiger partial charge in [0.05, 0.1) is 25.9 Å². The molecule has 0 amide bonds. The largest absolute Gasteiger partial charge is 0.466 e. The monoisotopic (exact) mass is 750 g/mol. The van der Waals surface area contributed by atoms with Gasteiger partial charge >= 0.3 is 23.9 Å². The van der Waals surface area contributed by atoms with Gasteiger partial charge in [-0.25, -0.2) is 0 Å². The normalized spacial score (nSPS) is 32.3. The second-order valence-corrected chi connectivity index (χ2v) is 17.1. The number of carbonyl (C=O) groups is 4. The van der Waals surface area contributed by atoms with Gasteiger partial charge in [-0.1, -0.05) is 66.7 Å². The lowest BCUT2D eigenvalue weighted by Crippen LogP contribution is -2.58. The van der Waals surface area contributed by atoms with Crippen LogP contribution >= 0.6 is 0 Å². The molecule has 0 aromatic heterocycles. The third-order valence-electron chi connectivity index (χ3n) is 14.0. The smallest absolute Gasteiger partial charge is 0.307 e. The Morgan fingerprint density at radius 1 is 0.755 bits per heavy atom. The lowest BCUT2D eigenvalue weighted by atomic mass is 9.48. The summed E-state index contributed by atoms with van der Waals surface area (Å²) in [5, 5.41) is 0. The van der Waals surface area contributed by atoms with Crippen molar-refractivity contribution in [3.8, 4) is 0 Å². The molecule has 11 heteroatoms. The van der Waals surface area contributed by atoms with Gasteiger partial charge in [0.1, 0.15) is 18.3 Å². The fourth-order valence-corrected chi connectivity index (χ4v) is 10.6. The van der Waals surface area contributed by atoms with Crippen LogP contribution in [0.2, 0.25) is 0 Å². The summed E-state index contributed by atoms with van der Waals surface area (Å²) in [6.07, 6.45) is 12.3. The molecular weight excluding hydrogens is 674 g/mol. The third kappa shape index (κ3) is 11.9. The van der Waals surface area contributed by atoms with Crippen molar-refractivity contribution >= 4 is 23.9 Å². The number of fused-ring (bicyclic) bond motifs is 1. The summed E-state index contributed by atoms with van der Waals surface area (Å²) >= 11 is 0. The van der Waals surface area contributed by atoms with Gasteiger partial charge < -0.3 is 36.1 Å². The highest BCUT2D eigenvalue weighted by atomic mass is 16.6. The summed E-state index contributed by atoms with van der Waals surface area (Å²) in [5.74, 6) is -0.247. The van der Waals surface area contributed by atoms with Crippen LogP contribution in [0.4, 0.5) is 0 Å². The first-order valence-corrected chi connectivity index (χ1v) is 21.1. The summed E-state index contributed by atoms with van der Waals surface area (Å²) < 4.78 is 24.1. The summed E-state index contributed by atoms with van der Waals surface area (Å²) in [4.78, 5) is 51.4. The van der Waals surface area contributed by atoms with E-state index >= 15 is 0 Å². The quantitative estimate of drug-likeness (QED) is 0.0616. The molecule has 3 fully saturated rings. The molecule has 0 bridgehead atoms. The van der Waals surface area contributed by atoms with Gasteiger partial charge in [-0.2, -0.15) is 0 Å². The number of rotatable bonds is 22. The van der Waals surface area contributed by atoms with Gasteiger partial charge in [-0.15, -0.1) is 0 Å². The number of hydrogen-bond donors (Lipinski definition) is 3. The molecule has 53 heavy (non-hydrogen) atoms. The topological polar surface area (TPSA) is 183 Å². The van der Waals surface area contributed by atoms with E-state index in [0.29, 0.717) is 25.9 Å². The molecule has 0 aliphatic heterocycles. The predicted octanol–water partition coefficient (Wildman–Crippen LogP) is 6.60. The number of hydrogen-bond acceptors (Lipinski definition) is 11. The van der Waals surface area contributed by atoms with Crippen molar-refractivity contribution in [1.82, 2.24) is 0 Å². The van der Waals surface area contributed by atoms with E-state index in [1.165, 1.54) is 25.7 Å². The minimum absolute atomic E-state index is 0.00877. The van der Waals surface area contributed by atoms with E-state index in [0.717, 1.165) is 44.9 Å². The zero-order valence-corrected chi connectivity index (χ0v) is 34.0. The summed E-state index contributed by atoms with van der Waals surface area (Å²) in [5.41, 5.74) is 16.6. The van der Waals surface area contributed by atoms with Crippen molar-refractivity contribution in [1.29, 1.82) is 0 Å². The maximum absolute atomic E-state index is 13.2. The van der Waals surface area contributed by atoms with Gasteiger partial charge in [0, 0.05) is 37.4 Å². The molecule has 3 aliphatic rings. The Hall–Kier alpha value is -2.24. The standard InChI is InChI=1S/C42H75N3O8/c1-7-8-9-10-11-12-25-50-36(46)16-13-28(2)33-14-15-34(42(33,6)30(4)51-37(47)18-22-43)40-29(3)41(5)21-17-32(52-38(48)19-23-44)26-31(41)27-35(40)53-39(49)20-24-45/h28-35,40H,7-27,43-45H2,1-6H3/t28-,29+,30+,31+,32-,33-,34+,35-,40-,41-,42-/m1/s1. The highest BCUT2D eigenvalue weighted by Gasteiger charge is 2.62. The van der Waals surface area contributed by atoms with Crippen molar-refractivity contribution in [3.63, 3.8) is 0 Å². The Labute approximate surface area is 320 Å². The number of unbranched alkanes of at least 4 members (excludes halogenated alkanes) is 5. The number of nitrogens with two attached hydrogens (primary N) is 3. The molecule has 11 atom stereocenters. The van der Waals surface area contributed by atoms with Crippen LogP contribution in [0.15, 0.2) is 0 Å². The Bertz CT molecular complexity index is 1170. The lowest BCUT2D eigenvalue weighted by molar-refractivity contribution is -0.191. The highest BCUT2D eigenvalue weighted by Crippen LogP contribution is 2.64. The van der Waals surface area contributed by atoms with E-state index in [1.54, 1.807) is 0 Å². The molecule has 0 spiro atoms. The van der Waals surface area contributed by atoms with Crippen LogP contribution in [0.1, 0.15) is 151 Å². The molecule has 11 nitrogen and oxygen atoms in total. The molecule has 3 aliphatic carbocycles. The van der Waals surface area contributed by atoms with Crippen LogP contribution in [0.5, 0.6) is 0 Å². The fourth-order valence-electron chi connectivity index (χ4n) is 10.6. The van der Waals surface area contributed by atoms with Crippen LogP contribution < -0.4 is 17.2 Å². The van der Waals surface area contributed by atoms with E-state index in [2.05, 4.69) is 34.6 Å². The minimum Gasteiger partial charge on any atom is -0.466 e. The first-order valence-electron chi connectivity index (χ1n) is 21.1. The first kappa shape index (κ1) is 45.2. The molecule has 0 aromatic rings. The predicted molar refractivity (Wildman–Crippen MR) is 206 cm³/mol. The molecule has 0 aromatic carbocycles. The van der Waals surface area contributed by atoms with Crippen LogP contribution in [0, 0.1) is 46.3 Å². The summed E-state index contributed by atoms with van der Waals surface area (Å²) in [6.45, 7) is 14.5. The van der Waals surface area contributed by atoms with Gasteiger partial charge in [0.25, 0.3) is 0 Å². The van der Waals surface area contributed by atoms with Gasteiger partial charge in [-0.3, -0.25) is 19.2 Å². The SMILES string of the molecule is CCCCCCCCOC(=O)CC[C@@H](C)[C@H]1CC[C@@H]([C@@H]2[C@H](OC(=O)CCN)C[C@@H]3C[C@H](OC(=O)CCN)CC[C@]3(C)[C@H]2C)[C@]1(C)[C@H](C)OC(=O)CCN. The Morgan fingerprint density at radius 3 is 2.04 bits per heavy atom. The molecule has 0 heterocycles. The van der Waals surface area contributed by atoms with Crippen molar-refractivity contribution in [2.24, 2.45) is 63.5 Å². The van der Waals surface area contributed by atoms with E-state index in [9.17, 15) is 19.2 Å². The molecule has 3 rings (SSSR count). The summed E-state index contributed by atoms with van der Waals surface area (Å²) in [7, 11) is 0. The number of carbonyl (C=O) groups excluding carboxylic acids is 4. The van der Waals surface area contributed by atoms with Crippen molar-refractivity contribution in [2.45, 2.75) is 169 Å². The Balaban J connectivity index is 1.87. The van der Waals surface area contributed by atoms with E-state index in [1.807, 2.05) is 6.92 Å². The second-order valence-electron chi connectivity index (χ2n) is 17.1. The molecular formula is C42H75N3O8. The molecule has 0 saturated heterocycles. The average molecular weight is 750 g/mol. The molecule has 3 saturated carbocycles. The van der Waals surface area contributed by atoms with E-state index in [-0.39, 0.29) is 116 Å². The molecule has 6 N–H and O–H groups in total. The Morgan fingerprint density at radius 2 is 1.38 bits per heavy atom. The third-order valence-corrected chi connectivity index (χ3v) is 14.0. The van der Waals surface area contributed by atoms with Crippen LogP contribution in [0.3, 0.4) is 0 Å². The molecule has 306 valence electrons. The van der Waals surface area contributed by atoms with Crippen molar-refractivity contribution in [3.05, 3.63) is 0 Å². The van der Waals surface area contributed by atoms with Gasteiger partial charge in [0.15, 0.2) is 0 Å². The lowest BCUT2D eigenvalue weighted by Gasteiger charge is -2.59. The van der Waals surface area contributed by atoms with Crippen molar-refractivity contribution < 1.29 is 38.1 Å².